The fourth-order valence-electron chi connectivity index (χ4n) is 2.03. The van der Waals surface area contributed by atoms with Gasteiger partial charge in [0.15, 0.2) is 11.5 Å². The van der Waals surface area contributed by atoms with E-state index in [1.807, 2.05) is 18.3 Å². The Hall–Kier alpha value is -1.60. The van der Waals surface area contributed by atoms with Crippen molar-refractivity contribution in [2.75, 3.05) is 20.3 Å². The quantitative estimate of drug-likeness (QED) is 0.852. The maximum Gasteiger partial charge on any atom is 0.162 e. The van der Waals surface area contributed by atoms with Crippen molar-refractivity contribution < 1.29 is 14.2 Å². The SMILES string of the molecule is COCc1cn(Cc2cc3c(cc2Br)OCCO3)nn1. The first kappa shape index (κ1) is 13.4. The molecule has 1 aromatic heterocycles. The molecule has 20 heavy (non-hydrogen) atoms. The lowest BCUT2D eigenvalue weighted by Crippen LogP contribution is -2.16. The average molecular weight is 340 g/mol. The van der Waals surface area contributed by atoms with Gasteiger partial charge in [-0.25, -0.2) is 4.68 Å². The molecule has 0 saturated heterocycles. The number of rotatable bonds is 4. The first-order valence-electron chi connectivity index (χ1n) is 6.22. The lowest BCUT2D eigenvalue weighted by Gasteiger charge is -2.19. The van der Waals surface area contributed by atoms with Crippen LogP contribution in [0.1, 0.15) is 11.3 Å². The second kappa shape index (κ2) is 5.80. The molecule has 0 unspecified atom stereocenters. The van der Waals surface area contributed by atoms with Crippen LogP contribution in [0.2, 0.25) is 0 Å². The van der Waals surface area contributed by atoms with Crippen LogP contribution in [-0.4, -0.2) is 35.3 Å². The molecule has 6 nitrogen and oxygen atoms in total. The van der Waals surface area contributed by atoms with E-state index in [9.17, 15) is 0 Å². The number of nitrogens with zero attached hydrogens (tertiary/aromatic N) is 3. The van der Waals surface area contributed by atoms with Crippen molar-refractivity contribution in [2.24, 2.45) is 0 Å². The van der Waals surface area contributed by atoms with Gasteiger partial charge >= 0.3 is 0 Å². The Morgan fingerprint density at radius 1 is 1.30 bits per heavy atom. The van der Waals surface area contributed by atoms with Crippen LogP contribution in [0.25, 0.3) is 0 Å². The van der Waals surface area contributed by atoms with Crippen molar-refractivity contribution in [1.82, 2.24) is 15.0 Å². The molecule has 0 aliphatic carbocycles. The van der Waals surface area contributed by atoms with Crippen LogP contribution in [0.4, 0.5) is 0 Å². The summed E-state index contributed by atoms with van der Waals surface area (Å²) in [6, 6.07) is 3.90. The Balaban J connectivity index is 1.82. The first-order valence-corrected chi connectivity index (χ1v) is 7.01. The summed E-state index contributed by atoms with van der Waals surface area (Å²) in [5.41, 5.74) is 1.87. The minimum absolute atomic E-state index is 0.461. The van der Waals surface area contributed by atoms with Gasteiger partial charge in [-0.3, -0.25) is 0 Å². The van der Waals surface area contributed by atoms with E-state index in [0.717, 1.165) is 27.2 Å². The molecule has 0 fully saturated rings. The highest BCUT2D eigenvalue weighted by atomic mass is 79.9. The Labute approximate surface area is 124 Å². The van der Waals surface area contributed by atoms with E-state index >= 15 is 0 Å². The number of halogens is 1. The Kier molecular flexibility index (Phi) is 3.88. The van der Waals surface area contributed by atoms with Gasteiger partial charge in [0.1, 0.15) is 18.9 Å². The molecule has 2 aromatic rings. The lowest BCUT2D eigenvalue weighted by atomic mass is 10.2. The highest BCUT2D eigenvalue weighted by molar-refractivity contribution is 9.10. The molecule has 7 heteroatoms. The predicted molar refractivity (Wildman–Crippen MR) is 75.0 cm³/mol. The zero-order chi connectivity index (χ0) is 13.9. The summed E-state index contributed by atoms with van der Waals surface area (Å²) in [6.07, 6.45) is 1.87. The van der Waals surface area contributed by atoms with Gasteiger partial charge in [-0.05, 0) is 17.7 Å². The van der Waals surface area contributed by atoms with E-state index in [1.165, 1.54) is 0 Å². The molecule has 2 heterocycles. The van der Waals surface area contributed by atoms with Crippen molar-refractivity contribution in [3.63, 3.8) is 0 Å². The second-order valence-corrected chi connectivity index (χ2v) is 5.28. The van der Waals surface area contributed by atoms with E-state index in [0.29, 0.717) is 26.4 Å². The van der Waals surface area contributed by atoms with Crippen LogP contribution in [0.5, 0.6) is 11.5 Å². The van der Waals surface area contributed by atoms with Gasteiger partial charge in [-0.1, -0.05) is 21.1 Å². The fraction of sp³-hybridized carbons (Fsp3) is 0.385. The molecular formula is C13H14BrN3O3. The van der Waals surface area contributed by atoms with Crippen LogP contribution in [0.3, 0.4) is 0 Å². The van der Waals surface area contributed by atoms with Crippen molar-refractivity contribution in [3.05, 3.63) is 34.1 Å². The van der Waals surface area contributed by atoms with Crippen molar-refractivity contribution >= 4 is 15.9 Å². The van der Waals surface area contributed by atoms with E-state index < -0.39 is 0 Å². The van der Waals surface area contributed by atoms with Crippen molar-refractivity contribution in [2.45, 2.75) is 13.2 Å². The molecule has 1 aliphatic heterocycles. The normalized spacial score (nSPS) is 13.5. The number of ether oxygens (including phenoxy) is 3. The van der Waals surface area contributed by atoms with Crippen LogP contribution >= 0.6 is 15.9 Å². The minimum Gasteiger partial charge on any atom is -0.486 e. The highest BCUT2D eigenvalue weighted by Gasteiger charge is 2.15. The number of aromatic nitrogens is 3. The monoisotopic (exact) mass is 339 g/mol. The predicted octanol–water partition coefficient (Wildman–Crippen LogP) is 2.01. The zero-order valence-corrected chi connectivity index (χ0v) is 12.6. The maximum absolute atomic E-state index is 5.59. The molecule has 0 spiro atoms. The third-order valence-electron chi connectivity index (χ3n) is 2.92. The number of methoxy groups -OCH3 is 1. The maximum atomic E-state index is 5.59. The van der Waals surface area contributed by atoms with Gasteiger partial charge in [0.25, 0.3) is 0 Å². The minimum atomic E-state index is 0.461. The van der Waals surface area contributed by atoms with Gasteiger partial charge < -0.3 is 14.2 Å². The summed E-state index contributed by atoms with van der Waals surface area (Å²) in [5.74, 6) is 1.54. The van der Waals surface area contributed by atoms with E-state index in [-0.39, 0.29) is 0 Å². The second-order valence-electron chi connectivity index (χ2n) is 4.43. The van der Waals surface area contributed by atoms with Crippen molar-refractivity contribution in [1.29, 1.82) is 0 Å². The fourth-order valence-corrected chi connectivity index (χ4v) is 2.48. The Morgan fingerprint density at radius 2 is 2.05 bits per heavy atom. The molecule has 0 N–H and O–H groups in total. The molecule has 0 bridgehead atoms. The molecule has 0 saturated carbocycles. The van der Waals surface area contributed by atoms with Crippen LogP contribution in [0.15, 0.2) is 22.8 Å². The third-order valence-corrected chi connectivity index (χ3v) is 3.66. The van der Waals surface area contributed by atoms with Gasteiger partial charge in [0, 0.05) is 11.6 Å². The topological polar surface area (TPSA) is 58.4 Å². The molecule has 1 aromatic carbocycles. The molecule has 1 aliphatic rings. The van der Waals surface area contributed by atoms with Gasteiger partial charge in [0.2, 0.25) is 0 Å². The van der Waals surface area contributed by atoms with E-state index in [2.05, 4.69) is 26.2 Å². The number of fused-ring (bicyclic) bond motifs is 1. The Morgan fingerprint density at radius 3 is 2.80 bits per heavy atom. The summed E-state index contributed by atoms with van der Waals surface area (Å²) < 4.78 is 18.9. The summed E-state index contributed by atoms with van der Waals surface area (Å²) in [7, 11) is 1.64. The molecule has 0 amide bonds. The standard InChI is InChI=1S/C13H14BrN3O3/c1-18-8-10-7-17(16-15-10)6-9-4-12-13(5-11(9)14)20-3-2-19-12/h4-5,7H,2-3,6,8H2,1H3. The summed E-state index contributed by atoms with van der Waals surface area (Å²) in [5, 5.41) is 8.11. The summed E-state index contributed by atoms with van der Waals surface area (Å²) in [6.45, 7) is 2.23. The third kappa shape index (κ3) is 2.78. The van der Waals surface area contributed by atoms with Crippen LogP contribution in [0, 0.1) is 0 Å². The molecular weight excluding hydrogens is 326 g/mol. The van der Waals surface area contributed by atoms with Gasteiger partial charge in [0.05, 0.1) is 19.3 Å². The van der Waals surface area contributed by atoms with Crippen molar-refractivity contribution in [3.8, 4) is 11.5 Å². The highest BCUT2D eigenvalue weighted by Crippen LogP contribution is 2.35. The zero-order valence-electron chi connectivity index (χ0n) is 11.0. The summed E-state index contributed by atoms with van der Waals surface area (Å²) >= 11 is 3.55. The van der Waals surface area contributed by atoms with E-state index in [4.69, 9.17) is 14.2 Å². The van der Waals surface area contributed by atoms with Crippen LogP contribution in [-0.2, 0) is 17.9 Å². The largest absolute Gasteiger partial charge is 0.486 e. The van der Waals surface area contributed by atoms with Crippen LogP contribution < -0.4 is 9.47 Å². The first-order chi connectivity index (χ1) is 9.76. The van der Waals surface area contributed by atoms with Gasteiger partial charge in [-0.2, -0.15) is 0 Å². The van der Waals surface area contributed by atoms with E-state index in [1.54, 1.807) is 11.8 Å². The number of hydrogen-bond donors (Lipinski definition) is 0. The Bertz CT molecular complexity index is 615. The number of hydrogen-bond acceptors (Lipinski definition) is 5. The smallest absolute Gasteiger partial charge is 0.162 e. The average Bonchev–Trinajstić information content (AvgIpc) is 2.87. The molecule has 0 atom stereocenters. The molecule has 106 valence electrons. The lowest BCUT2D eigenvalue weighted by molar-refractivity contribution is 0.171. The summed E-state index contributed by atoms with van der Waals surface area (Å²) in [4.78, 5) is 0. The molecule has 3 rings (SSSR count). The van der Waals surface area contributed by atoms with Gasteiger partial charge in [-0.15, -0.1) is 5.10 Å². The molecule has 0 radical (unpaired) electrons. The number of benzene rings is 1.